The number of nitrogens with zero attached hydrogens (tertiary/aromatic N) is 1. The first-order valence-electron chi connectivity index (χ1n) is 9.18. The minimum Gasteiger partial charge on any atom is -0.454 e. The minimum atomic E-state index is 0.0358. The molecule has 0 aromatic carbocycles. The smallest absolute Gasteiger partial charge is 0.156 e. The Balaban J connectivity index is 2.08. The Morgan fingerprint density at radius 1 is 1.21 bits per heavy atom. The Kier molecular flexibility index (Phi) is 4.14. The summed E-state index contributed by atoms with van der Waals surface area (Å²) in [5.41, 5.74) is 5.90. The number of furan rings is 1. The van der Waals surface area contributed by atoms with Gasteiger partial charge in [0.15, 0.2) is 5.58 Å². The Morgan fingerprint density at radius 3 is 2.38 bits per heavy atom. The second-order valence-corrected chi connectivity index (χ2v) is 9.39. The molecule has 2 aromatic rings. The van der Waals surface area contributed by atoms with Gasteiger partial charge in [-0.25, -0.2) is 4.98 Å². The normalized spacial score (nSPS) is 18.9. The van der Waals surface area contributed by atoms with Crippen molar-refractivity contribution in [1.29, 1.82) is 0 Å². The Labute approximate surface area is 146 Å². The average Bonchev–Trinajstić information content (AvgIpc) is 2.89. The van der Waals surface area contributed by atoms with Crippen LogP contribution in [0.1, 0.15) is 90.2 Å². The second kappa shape index (κ2) is 5.75. The molecule has 24 heavy (non-hydrogen) atoms. The molecule has 0 radical (unpaired) electrons. The van der Waals surface area contributed by atoms with Crippen molar-refractivity contribution in [2.24, 2.45) is 5.41 Å². The van der Waals surface area contributed by atoms with Gasteiger partial charge in [0, 0.05) is 23.2 Å². The lowest BCUT2D eigenvalue weighted by Crippen LogP contribution is -2.21. The van der Waals surface area contributed by atoms with Gasteiger partial charge in [0.1, 0.15) is 11.3 Å². The summed E-state index contributed by atoms with van der Waals surface area (Å²) in [4.78, 5) is 4.99. The molecule has 0 bridgehead atoms. The summed E-state index contributed by atoms with van der Waals surface area (Å²) in [6, 6.07) is 4.36. The highest BCUT2D eigenvalue weighted by atomic mass is 16.3. The molecule has 1 aliphatic rings. The minimum absolute atomic E-state index is 0.0358. The molecule has 0 amide bonds. The van der Waals surface area contributed by atoms with E-state index in [2.05, 4.69) is 53.3 Å². The van der Waals surface area contributed by atoms with Gasteiger partial charge in [-0.05, 0) is 55.1 Å². The van der Waals surface area contributed by atoms with Crippen LogP contribution in [0.15, 0.2) is 23.1 Å². The second-order valence-electron chi connectivity index (χ2n) is 9.39. The van der Waals surface area contributed by atoms with Crippen LogP contribution in [-0.4, -0.2) is 4.98 Å². The van der Waals surface area contributed by atoms with Crippen LogP contribution in [-0.2, 0) is 5.41 Å². The molecule has 0 spiro atoms. The standard InChI is InChI=1S/C22H31NO/c1-14(2)19-13-18-20(24-19)16(21(3,4)5)12-17(23-18)15-8-10-22(6,7)11-9-15/h12-13,15H,1,8-11H2,2-7H3. The van der Waals surface area contributed by atoms with Crippen molar-refractivity contribution in [3.63, 3.8) is 0 Å². The molecule has 130 valence electrons. The number of pyridine rings is 1. The van der Waals surface area contributed by atoms with Gasteiger partial charge in [0.2, 0.25) is 0 Å². The quantitative estimate of drug-likeness (QED) is 0.604. The van der Waals surface area contributed by atoms with E-state index < -0.39 is 0 Å². The van der Waals surface area contributed by atoms with E-state index in [1.54, 1.807) is 0 Å². The summed E-state index contributed by atoms with van der Waals surface area (Å²) in [7, 11) is 0. The zero-order chi connectivity index (χ0) is 17.7. The fourth-order valence-corrected chi connectivity index (χ4v) is 3.71. The van der Waals surface area contributed by atoms with Gasteiger partial charge in [0.25, 0.3) is 0 Å². The van der Waals surface area contributed by atoms with E-state index in [9.17, 15) is 0 Å². The van der Waals surface area contributed by atoms with Crippen molar-refractivity contribution < 1.29 is 4.42 Å². The van der Waals surface area contributed by atoms with Gasteiger partial charge >= 0.3 is 0 Å². The van der Waals surface area contributed by atoms with Crippen LogP contribution in [0.3, 0.4) is 0 Å². The summed E-state index contributed by atoms with van der Waals surface area (Å²) in [5.74, 6) is 1.43. The molecule has 2 nitrogen and oxygen atoms in total. The summed E-state index contributed by atoms with van der Waals surface area (Å²) >= 11 is 0. The maximum atomic E-state index is 6.10. The summed E-state index contributed by atoms with van der Waals surface area (Å²) in [6.45, 7) is 17.5. The van der Waals surface area contributed by atoms with E-state index >= 15 is 0 Å². The summed E-state index contributed by atoms with van der Waals surface area (Å²) in [6.07, 6.45) is 5.04. The third-order valence-electron chi connectivity index (χ3n) is 5.48. The molecule has 2 heterocycles. The zero-order valence-corrected chi connectivity index (χ0v) is 16.1. The summed E-state index contributed by atoms with van der Waals surface area (Å²) < 4.78 is 6.10. The first-order valence-corrected chi connectivity index (χ1v) is 9.18. The molecular formula is C22H31NO. The van der Waals surface area contributed by atoms with Gasteiger partial charge in [-0.1, -0.05) is 41.2 Å². The van der Waals surface area contributed by atoms with Crippen molar-refractivity contribution in [2.75, 3.05) is 0 Å². The highest BCUT2D eigenvalue weighted by Gasteiger charge is 2.30. The molecule has 2 heteroatoms. The Hall–Kier alpha value is -1.57. The number of rotatable bonds is 2. The number of allylic oxidation sites excluding steroid dienone is 1. The molecule has 0 atom stereocenters. The van der Waals surface area contributed by atoms with Crippen molar-refractivity contribution in [1.82, 2.24) is 4.98 Å². The van der Waals surface area contributed by atoms with Crippen LogP contribution in [0.2, 0.25) is 0 Å². The first kappa shape index (κ1) is 17.3. The number of hydrogen-bond donors (Lipinski definition) is 0. The predicted molar refractivity (Wildman–Crippen MR) is 102 cm³/mol. The molecule has 0 unspecified atom stereocenters. The van der Waals surface area contributed by atoms with Crippen molar-refractivity contribution >= 4 is 16.7 Å². The maximum absolute atomic E-state index is 6.10. The monoisotopic (exact) mass is 325 g/mol. The van der Waals surface area contributed by atoms with Crippen molar-refractivity contribution in [3.05, 3.63) is 35.7 Å². The van der Waals surface area contributed by atoms with E-state index in [4.69, 9.17) is 9.40 Å². The third-order valence-corrected chi connectivity index (χ3v) is 5.48. The van der Waals surface area contributed by atoms with E-state index in [1.165, 1.54) is 36.9 Å². The average molecular weight is 325 g/mol. The largest absolute Gasteiger partial charge is 0.454 e. The Morgan fingerprint density at radius 2 is 1.83 bits per heavy atom. The molecule has 3 rings (SSSR count). The first-order chi connectivity index (χ1) is 11.1. The number of fused-ring (bicyclic) bond motifs is 1. The van der Waals surface area contributed by atoms with Crippen LogP contribution in [0.5, 0.6) is 0 Å². The van der Waals surface area contributed by atoms with E-state index in [0.717, 1.165) is 22.4 Å². The lowest BCUT2D eigenvalue weighted by Gasteiger charge is -2.34. The fraction of sp³-hybridized carbons (Fsp3) is 0.591. The molecule has 2 aromatic heterocycles. The fourth-order valence-electron chi connectivity index (χ4n) is 3.71. The molecule has 1 saturated carbocycles. The SMILES string of the molecule is C=C(C)c1cc2nc(C3CCC(C)(C)CC3)cc(C(C)(C)C)c2o1. The van der Waals surface area contributed by atoms with Gasteiger partial charge in [-0.3, -0.25) is 0 Å². The van der Waals surface area contributed by atoms with Gasteiger partial charge < -0.3 is 4.42 Å². The molecule has 0 aliphatic heterocycles. The van der Waals surface area contributed by atoms with E-state index in [-0.39, 0.29) is 5.41 Å². The highest BCUT2D eigenvalue weighted by molar-refractivity contribution is 5.81. The lowest BCUT2D eigenvalue weighted by molar-refractivity contribution is 0.223. The summed E-state index contributed by atoms with van der Waals surface area (Å²) in [5, 5.41) is 0. The predicted octanol–water partition coefficient (Wildman–Crippen LogP) is 6.84. The maximum Gasteiger partial charge on any atom is 0.156 e. The number of hydrogen-bond acceptors (Lipinski definition) is 2. The van der Waals surface area contributed by atoms with E-state index in [0.29, 0.717) is 11.3 Å². The zero-order valence-electron chi connectivity index (χ0n) is 16.1. The van der Waals surface area contributed by atoms with E-state index in [1.807, 2.05) is 6.92 Å². The molecule has 0 saturated heterocycles. The lowest BCUT2D eigenvalue weighted by atomic mass is 9.72. The molecule has 0 N–H and O–H groups in total. The Bertz CT molecular complexity index is 763. The topological polar surface area (TPSA) is 26.0 Å². The molecule has 1 fully saturated rings. The van der Waals surface area contributed by atoms with Gasteiger partial charge in [-0.2, -0.15) is 0 Å². The van der Waals surface area contributed by atoms with Gasteiger partial charge in [-0.15, -0.1) is 0 Å². The van der Waals surface area contributed by atoms with Crippen LogP contribution in [0, 0.1) is 5.41 Å². The molecular weight excluding hydrogens is 294 g/mol. The highest BCUT2D eigenvalue weighted by Crippen LogP contribution is 2.43. The number of aromatic nitrogens is 1. The van der Waals surface area contributed by atoms with Crippen molar-refractivity contribution in [2.45, 2.75) is 78.6 Å². The van der Waals surface area contributed by atoms with Gasteiger partial charge in [0.05, 0.1) is 0 Å². The molecule has 1 aliphatic carbocycles. The van der Waals surface area contributed by atoms with Crippen LogP contribution < -0.4 is 0 Å². The third kappa shape index (κ3) is 3.29. The van der Waals surface area contributed by atoms with Crippen LogP contribution >= 0.6 is 0 Å². The van der Waals surface area contributed by atoms with Crippen LogP contribution in [0.25, 0.3) is 16.7 Å². The van der Waals surface area contributed by atoms with Crippen molar-refractivity contribution in [3.8, 4) is 0 Å². The van der Waals surface area contributed by atoms with Crippen LogP contribution in [0.4, 0.5) is 0 Å².